The quantitative estimate of drug-likeness (QED) is 0.806. The Balaban J connectivity index is 2.16. The van der Waals surface area contributed by atoms with Gasteiger partial charge in [-0.15, -0.1) is 12.6 Å². The summed E-state index contributed by atoms with van der Waals surface area (Å²) >= 11 is 3.97. The highest BCUT2D eigenvalue weighted by atomic mass is 32.1. The van der Waals surface area contributed by atoms with E-state index < -0.39 is 5.82 Å². The fourth-order valence-electron chi connectivity index (χ4n) is 2.14. The van der Waals surface area contributed by atoms with E-state index in [1.54, 1.807) is 4.90 Å². The average molecular weight is 285 g/mol. The number of carbonyl (C=O) groups excluding carboxylic acids is 1. The van der Waals surface area contributed by atoms with E-state index in [0.717, 1.165) is 0 Å². The van der Waals surface area contributed by atoms with Gasteiger partial charge >= 0.3 is 0 Å². The number of nitrogens with zero attached hydrogens (tertiary/aromatic N) is 1. The van der Waals surface area contributed by atoms with E-state index in [2.05, 4.69) is 12.6 Å². The molecule has 1 aliphatic rings. The van der Waals surface area contributed by atoms with Crippen LogP contribution >= 0.6 is 12.6 Å². The van der Waals surface area contributed by atoms with E-state index in [1.807, 2.05) is 6.92 Å². The molecule has 2 atom stereocenters. The summed E-state index contributed by atoms with van der Waals surface area (Å²) in [5, 5.41) is 9.13. The molecule has 19 heavy (non-hydrogen) atoms. The van der Waals surface area contributed by atoms with Crippen LogP contribution in [0.25, 0.3) is 0 Å². The second kappa shape index (κ2) is 5.90. The third-order valence-corrected chi connectivity index (χ3v) is 3.35. The van der Waals surface area contributed by atoms with Gasteiger partial charge in [-0.1, -0.05) is 0 Å². The van der Waals surface area contributed by atoms with Crippen molar-refractivity contribution >= 4 is 18.5 Å². The number of aliphatic hydroxyl groups excluding tert-OH is 1. The van der Waals surface area contributed by atoms with Gasteiger partial charge < -0.3 is 14.7 Å². The van der Waals surface area contributed by atoms with Crippen LogP contribution in [0.3, 0.4) is 0 Å². The van der Waals surface area contributed by atoms with Gasteiger partial charge in [0.1, 0.15) is 5.82 Å². The van der Waals surface area contributed by atoms with Crippen LogP contribution in [0.1, 0.15) is 17.3 Å². The summed E-state index contributed by atoms with van der Waals surface area (Å²) < 4.78 is 18.6. The minimum absolute atomic E-state index is 0.130. The Hall–Kier alpha value is -1.11. The number of rotatable bonds is 2. The first kappa shape index (κ1) is 14.3. The van der Waals surface area contributed by atoms with Crippen molar-refractivity contribution in [1.82, 2.24) is 4.90 Å². The van der Waals surface area contributed by atoms with Crippen molar-refractivity contribution < 1.29 is 19.0 Å². The second-order valence-corrected chi connectivity index (χ2v) is 5.11. The highest BCUT2D eigenvalue weighted by Gasteiger charge is 2.28. The maximum atomic E-state index is 13.1. The number of hydrogen-bond donors (Lipinski definition) is 2. The minimum atomic E-state index is -0.455. The van der Waals surface area contributed by atoms with Gasteiger partial charge in [-0.25, -0.2) is 4.39 Å². The molecule has 0 aromatic heterocycles. The molecule has 0 bridgehead atoms. The first-order valence-electron chi connectivity index (χ1n) is 6.05. The van der Waals surface area contributed by atoms with Crippen LogP contribution in [0.2, 0.25) is 0 Å². The topological polar surface area (TPSA) is 49.8 Å². The molecular formula is C13H16FNO3S. The normalized spacial score (nSPS) is 23.5. The van der Waals surface area contributed by atoms with Gasteiger partial charge in [0.15, 0.2) is 0 Å². The van der Waals surface area contributed by atoms with E-state index in [4.69, 9.17) is 9.84 Å². The van der Waals surface area contributed by atoms with Gasteiger partial charge in [-0.3, -0.25) is 4.79 Å². The average Bonchev–Trinajstić information content (AvgIpc) is 2.40. The van der Waals surface area contributed by atoms with Crippen LogP contribution < -0.4 is 0 Å². The van der Waals surface area contributed by atoms with Crippen LogP contribution in [0.15, 0.2) is 23.1 Å². The molecule has 0 aliphatic carbocycles. The number of aliphatic hydroxyl groups is 1. The van der Waals surface area contributed by atoms with Gasteiger partial charge in [-0.05, 0) is 25.1 Å². The van der Waals surface area contributed by atoms with Gasteiger partial charge in [0.2, 0.25) is 0 Å². The van der Waals surface area contributed by atoms with Crippen molar-refractivity contribution in [3.05, 3.63) is 29.6 Å². The number of thiol groups is 1. The molecule has 104 valence electrons. The second-order valence-electron chi connectivity index (χ2n) is 4.63. The van der Waals surface area contributed by atoms with Crippen molar-refractivity contribution in [3.63, 3.8) is 0 Å². The van der Waals surface area contributed by atoms with Gasteiger partial charge in [0.05, 0.1) is 18.8 Å². The first-order valence-corrected chi connectivity index (χ1v) is 6.50. The Morgan fingerprint density at radius 3 is 2.95 bits per heavy atom. The maximum absolute atomic E-state index is 13.1. The molecule has 1 N–H and O–H groups in total. The van der Waals surface area contributed by atoms with Crippen LogP contribution in [0.4, 0.5) is 4.39 Å². The Morgan fingerprint density at radius 2 is 2.32 bits per heavy atom. The summed E-state index contributed by atoms with van der Waals surface area (Å²) in [6.07, 6.45) is -0.505. The van der Waals surface area contributed by atoms with Gasteiger partial charge in [0.25, 0.3) is 5.91 Å². The fraction of sp³-hybridized carbons (Fsp3) is 0.462. The molecule has 1 amide bonds. The lowest BCUT2D eigenvalue weighted by Crippen LogP contribution is -2.50. The Labute approximate surface area is 116 Å². The van der Waals surface area contributed by atoms with Crippen LogP contribution in [0, 0.1) is 5.82 Å². The summed E-state index contributed by atoms with van der Waals surface area (Å²) in [5.41, 5.74) is 0.386. The third kappa shape index (κ3) is 3.26. The number of ether oxygens (including phenoxy) is 1. The Morgan fingerprint density at radius 1 is 1.58 bits per heavy atom. The van der Waals surface area contributed by atoms with E-state index in [-0.39, 0.29) is 29.6 Å². The lowest BCUT2D eigenvalue weighted by Gasteiger charge is -2.36. The predicted octanol–water partition coefficient (Wildman–Crippen LogP) is 1.34. The molecule has 1 aromatic carbocycles. The van der Waals surface area contributed by atoms with E-state index in [0.29, 0.717) is 18.7 Å². The highest BCUT2D eigenvalue weighted by Crippen LogP contribution is 2.18. The molecule has 1 aliphatic heterocycles. The summed E-state index contributed by atoms with van der Waals surface area (Å²) in [5.74, 6) is -0.660. The molecule has 2 rings (SSSR count). The predicted molar refractivity (Wildman–Crippen MR) is 71.0 cm³/mol. The molecule has 1 aromatic rings. The molecule has 1 saturated heterocycles. The molecule has 1 heterocycles. The Bertz CT molecular complexity index is 483. The zero-order chi connectivity index (χ0) is 14.0. The van der Waals surface area contributed by atoms with Crippen LogP contribution in [-0.2, 0) is 4.74 Å². The number of morpholine rings is 1. The molecule has 4 nitrogen and oxygen atoms in total. The smallest absolute Gasteiger partial charge is 0.254 e. The SMILES string of the molecule is CC1CN(C(=O)c2ccc(F)c(S)c2)CC(CO)O1. The molecule has 6 heteroatoms. The summed E-state index contributed by atoms with van der Waals surface area (Å²) in [6.45, 7) is 2.50. The maximum Gasteiger partial charge on any atom is 0.254 e. The lowest BCUT2D eigenvalue weighted by atomic mass is 10.1. The van der Waals surface area contributed by atoms with Crippen LogP contribution in [-0.4, -0.2) is 47.8 Å². The Kier molecular flexibility index (Phi) is 4.44. The summed E-state index contributed by atoms with van der Waals surface area (Å²) in [4.78, 5) is 14.1. The minimum Gasteiger partial charge on any atom is -0.394 e. The van der Waals surface area contributed by atoms with Crippen molar-refractivity contribution in [2.24, 2.45) is 0 Å². The van der Waals surface area contributed by atoms with E-state index >= 15 is 0 Å². The van der Waals surface area contributed by atoms with Gasteiger partial charge in [0, 0.05) is 23.5 Å². The largest absolute Gasteiger partial charge is 0.394 e. The van der Waals surface area contributed by atoms with Crippen molar-refractivity contribution in [2.75, 3.05) is 19.7 Å². The summed E-state index contributed by atoms with van der Waals surface area (Å²) in [6, 6.07) is 4.07. The van der Waals surface area contributed by atoms with Crippen LogP contribution in [0.5, 0.6) is 0 Å². The van der Waals surface area contributed by atoms with E-state index in [9.17, 15) is 9.18 Å². The number of benzene rings is 1. The molecule has 0 spiro atoms. The molecular weight excluding hydrogens is 269 g/mol. The van der Waals surface area contributed by atoms with Crippen molar-refractivity contribution in [2.45, 2.75) is 24.0 Å². The first-order chi connectivity index (χ1) is 9.01. The lowest BCUT2D eigenvalue weighted by molar-refractivity contribution is -0.0858. The zero-order valence-electron chi connectivity index (χ0n) is 10.5. The number of halogens is 1. The van der Waals surface area contributed by atoms with Gasteiger partial charge in [-0.2, -0.15) is 0 Å². The number of amides is 1. The number of hydrogen-bond acceptors (Lipinski definition) is 4. The molecule has 0 radical (unpaired) electrons. The van der Waals surface area contributed by atoms with E-state index in [1.165, 1.54) is 18.2 Å². The van der Waals surface area contributed by atoms with Crippen molar-refractivity contribution in [1.29, 1.82) is 0 Å². The number of carbonyl (C=O) groups is 1. The molecule has 2 unspecified atom stereocenters. The fourth-order valence-corrected chi connectivity index (χ4v) is 2.35. The molecule has 1 fully saturated rings. The zero-order valence-corrected chi connectivity index (χ0v) is 11.4. The highest BCUT2D eigenvalue weighted by molar-refractivity contribution is 7.80. The molecule has 0 saturated carbocycles. The third-order valence-electron chi connectivity index (χ3n) is 3.01. The monoisotopic (exact) mass is 285 g/mol. The standard InChI is InChI=1S/C13H16FNO3S/c1-8-5-15(6-10(7-16)18-8)13(17)9-2-3-11(14)12(19)4-9/h2-4,8,10,16,19H,5-7H2,1H3. The summed E-state index contributed by atoms with van der Waals surface area (Å²) in [7, 11) is 0. The van der Waals surface area contributed by atoms with Crippen molar-refractivity contribution in [3.8, 4) is 0 Å².